The Morgan fingerprint density at radius 3 is 1.79 bits per heavy atom. The Kier molecular flexibility index (Phi) is 1.70. The van der Waals surface area contributed by atoms with Crippen LogP contribution in [-0.4, -0.2) is 26.2 Å². The van der Waals surface area contributed by atoms with Gasteiger partial charge in [0.05, 0.1) is 0 Å². The van der Waals surface area contributed by atoms with Crippen LogP contribution in [0, 0.1) is 0 Å². The number of aromatic amines is 2. The minimum absolute atomic E-state index is 0.217. The first-order valence-corrected chi connectivity index (χ1v) is 3.83. The predicted molar refractivity (Wildman–Crippen MR) is 49.4 cm³/mol. The second kappa shape index (κ2) is 2.87. The summed E-state index contributed by atoms with van der Waals surface area (Å²) in [7, 11) is 0. The highest BCUT2D eigenvalue weighted by atomic mass is 16.1. The number of rotatable bonds is 2. The van der Waals surface area contributed by atoms with E-state index in [1.54, 1.807) is 0 Å². The van der Waals surface area contributed by atoms with Crippen molar-refractivity contribution in [3.05, 3.63) is 23.5 Å². The molecule has 0 unspecified atom stereocenters. The molecule has 0 saturated heterocycles. The molecule has 0 atom stereocenters. The van der Waals surface area contributed by atoms with E-state index < -0.39 is 0 Å². The van der Waals surface area contributed by atoms with Crippen molar-refractivity contribution in [3.63, 3.8) is 0 Å². The van der Waals surface area contributed by atoms with Crippen molar-refractivity contribution in [1.82, 2.24) is 20.4 Å². The van der Waals surface area contributed by atoms with E-state index in [-0.39, 0.29) is 17.2 Å². The van der Waals surface area contributed by atoms with E-state index in [1.165, 1.54) is 12.1 Å². The van der Waals surface area contributed by atoms with Gasteiger partial charge >= 0.3 is 0 Å². The summed E-state index contributed by atoms with van der Waals surface area (Å²) in [6, 6.07) is 2.88. The maximum atomic E-state index is 11.6. The molecule has 0 fully saturated rings. The molecule has 0 spiro atoms. The maximum absolute atomic E-state index is 11.6. The van der Waals surface area contributed by atoms with E-state index in [1.807, 2.05) is 0 Å². The SMILES string of the molecule is Nc1cc(C(=O)c2cc(N)[nH]n2)n[nH]1. The number of anilines is 2. The first-order valence-electron chi connectivity index (χ1n) is 3.83. The molecule has 7 heteroatoms. The van der Waals surface area contributed by atoms with Gasteiger partial charge in [-0.05, 0) is 0 Å². The Bertz CT molecular complexity index is 428. The third kappa shape index (κ3) is 1.30. The van der Waals surface area contributed by atoms with Gasteiger partial charge in [-0.2, -0.15) is 10.2 Å². The number of carbonyl (C=O) groups excluding carboxylic acids is 1. The summed E-state index contributed by atoms with van der Waals surface area (Å²) in [5.41, 5.74) is 11.2. The fraction of sp³-hybridized carbons (Fsp3) is 0. The quantitative estimate of drug-likeness (QED) is 0.478. The monoisotopic (exact) mass is 192 g/mol. The van der Waals surface area contributed by atoms with E-state index in [0.717, 1.165) is 0 Å². The Hall–Kier alpha value is -2.31. The number of nitrogen functional groups attached to an aromatic ring is 2. The molecule has 14 heavy (non-hydrogen) atoms. The second-order valence-electron chi connectivity index (χ2n) is 2.75. The third-order valence-electron chi connectivity index (χ3n) is 1.66. The van der Waals surface area contributed by atoms with Crippen LogP contribution < -0.4 is 11.5 Å². The molecule has 2 aromatic rings. The summed E-state index contributed by atoms with van der Waals surface area (Å²) in [6.45, 7) is 0. The highest BCUT2D eigenvalue weighted by molar-refractivity contribution is 6.07. The van der Waals surface area contributed by atoms with E-state index in [0.29, 0.717) is 11.6 Å². The Morgan fingerprint density at radius 2 is 1.50 bits per heavy atom. The molecule has 0 aliphatic heterocycles. The standard InChI is InChI=1S/C7H8N6O/c8-5-1-3(10-12-5)7(14)4-2-6(9)13-11-4/h1-2H,(H3,8,10,12)(H3,9,11,13). The molecule has 0 amide bonds. The number of ketones is 1. The molecule has 0 radical (unpaired) electrons. The lowest BCUT2D eigenvalue weighted by Crippen LogP contribution is -2.02. The van der Waals surface area contributed by atoms with Gasteiger partial charge in [-0.1, -0.05) is 0 Å². The van der Waals surface area contributed by atoms with E-state index in [2.05, 4.69) is 20.4 Å². The van der Waals surface area contributed by atoms with Gasteiger partial charge in [-0.3, -0.25) is 15.0 Å². The topological polar surface area (TPSA) is 126 Å². The van der Waals surface area contributed by atoms with Crippen LogP contribution in [0.4, 0.5) is 11.6 Å². The van der Waals surface area contributed by atoms with Gasteiger partial charge < -0.3 is 11.5 Å². The summed E-state index contributed by atoms with van der Waals surface area (Å²) in [5, 5.41) is 12.3. The van der Waals surface area contributed by atoms with Gasteiger partial charge in [0.15, 0.2) is 0 Å². The average Bonchev–Trinajstić information content (AvgIpc) is 2.73. The minimum Gasteiger partial charge on any atom is -0.384 e. The largest absolute Gasteiger partial charge is 0.384 e. The van der Waals surface area contributed by atoms with Crippen LogP contribution in [0.3, 0.4) is 0 Å². The maximum Gasteiger partial charge on any atom is 0.233 e. The van der Waals surface area contributed by atoms with Gasteiger partial charge in [0.1, 0.15) is 23.0 Å². The normalized spacial score (nSPS) is 10.3. The predicted octanol–water partition coefficient (Wildman–Crippen LogP) is -0.472. The molecule has 2 rings (SSSR count). The van der Waals surface area contributed by atoms with Crippen LogP contribution in [0.1, 0.15) is 16.2 Å². The number of H-pyrrole nitrogens is 2. The van der Waals surface area contributed by atoms with Gasteiger partial charge in [-0.15, -0.1) is 0 Å². The molecule has 0 bridgehead atoms. The number of nitrogens with two attached hydrogens (primary N) is 2. The summed E-state index contributed by atoms with van der Waals surface area (Å²) in [6.07, 6.45) is 0. The van der Waals surface area contributed by atoms with Gasteiger partial charge in [0.2, 0.25) is 5.78 Å². The van der Waals surface area contributed by atoms with Crippen LogP contribution in [0.25, 0.3) is 0 Å². The first-order chi connectivity index (χ1) is 6.66. The molecule has 6 N–H and O–H groups in total. The van der Waals surface area contributed by atoms with Gasteiger partial charge in [0.25, 0.3) is 0 Å². The van der Waals surface area contributed by atoms with Crippen LogP contribution in [0.5, 0.6) is 0 Å². The molecular formula is C7H8N6O. The molecule has 0 aliphatic rings. The highest BCUT2D eigenvalue weighted by Crippen LogP contribution is 2.09. The van der Waals surface area contributed by atoms with Crippen molar-refractivity contribution in [2.24, 2.45) is 0 Å². The van der Waals surface area contributed by atoms with Crippen molar-refractivity contribution >= 4 is 17.4 Å². The molecule has 0 aliphatic carbocycles. The molecule has 2 aromatic heterocycles. The molecular weight excluding hydrogens is 184 g/mol. The van der Waals surface area contributed by atoms with Crippen LogP contribution in [-0.2, 0) is 0 Å². The molecule has 0 saturated carbocycles. The zero-order chi connectivity index (χ0) is 10.1. The number of carbonyl (C=O) groups is 1. The van der Waals surface area contributed by atoms with Crippen molar-refractivity contribution in [3.8, 4) is 0 Å². The Morgan fingerprint density at radius 1 is 1.07 bits per heavy atom. The zero-order valence-corrected chi connectivity index (χ0v) is 7.11. The number of nitrogens with one attached hydrogen (secondary N) is 2. The number of nitrogens with zero attached hydrogens (tertiary/aromatic N) is 2. The number of hydrogen-bond donors (Lipinski definition) is 4. The van der Waals surface area contributed by atoms with Crippen LogP contribution in [0.2, 0.25) is 0 Å². The lowest BCUT2D eigenvalue weighted by atomic mass is 10.2. The fourth-order valence-corrected chi connectivity index (χ4v) is 1.04. The minimum atomic E-state index is -0.328. The first kappa shape index (κ1) is 8.30. The number of hydrogen-bond acceptors (Lipinski definition) is 5. The lowest BCUT2D eigenvalue weighted by molar-refractivity contribution is 0.102. The zero-order valence-electron chi connectivity index (χ0n) is 7.11. The molecule has 72 valence electrons. The van der Waals surface area contributed by atoms with Crippen molar-refractivity contribution in [1.29, 1.82) is 0 Å². The van der Waals surface area contributed by atoms with Crippen molar-refractivity contribution in [2.75, 3.05) is 11.5 Å². The smallest absolute Gasteiger partial charge is 0.233 e. The van der Waals surface area contributed by atoms with Gasteiger partial charge in [-0.25, -0.2) is 0 Å². The molecule has 0 aromatic carbocycles. The van der Waals surface area contributed by atoms with E-state index in [4.69, 9.17) is 11.5 Å². The van der Waals surface area contributed by atoms with Crippen LogP contribution >= 0.6 is 0 Å². The Balaban J connectivity index is 2.33. The average molecular weight is 192 g/mol. The molecule has 2 heterocycles. The van der Waals surface area contributed by atoms with Crippen molar-refractivity contribution < 1.29 is 4.79 Å². The van der Waals surface area contributed by atoms with Crippen molar-refractivity contribution in [2.45, 2.75) is 0 Å². The highest BCUT2D eigenvalue weighted by Gasteiger charge is 2.15. The lowest BCUT2D eigenvalue weighted by Gasteiger charge is -1.87. The Labute approximate surface area is 78.5 Å². The fourth-order valence-electron chi connectivity index (χ4n) is 1.04. The third-order valence-corrected chi connectivity index (χ3v) is 1.66. The molecule has 7 nitrogen and oxygen atoms in total. The van der Waals surface area contributed by atoms with E-state index >= 15 is 0 Å². The summed E-state index contributed by atoms with van der Waals surface area (Å²) >= 11 is 0. The van der Waals surface area contributed by atoms with Gasteiger partial charge in [0, 0.05) is 12.1 Å². The summed E-state index contributed by atoms with van der Waals surface area (Å²) < 4.78 is 0. The summed E-state index contributed by atoms with van der Waals surface area (Å²) in [5.74, 6) is 0.333. The van der Waals surface area contributed by atoms with Crippen LogP contribution in [0.15, 0.2) is 12.1 Å². The van der Waals surface area contributed by atoms with E-state index in [9.17, 15) is 4.79 Å². The number of aromatic nitrogens is 4. The summed E-state index contributed by atoms with van der Waals surface area (Å²) in [4.78, 5) is 11.6. The second-order valence-corrected chi connectivity index (χ2v) is 2.75.